The highest BCUT2D eigenvalue weighted by Gasteiger charge is 2.10. The summed E-state index contributed by atoms with van der Waals surface area (Å²) in [5.41, 5.74) is -0.463. The maximum Gasteiger partial charge on any atom is 0.0591 e. The molecule has 0 unspecified atom stereocenters. The fourth-order valence-corrected chi connectivity index (χ4v) is 3.28. The molecule has 0 saturated carbocycles. The number of rotatable bonds is 18. The molecule has 0 bridgehead atoms. The smallest absolute Gasteiger partial charge is 0.0591 e. The largest absolute Gasteiger partial charge is 0.390 e. The lowest BCUT2D eigenvalue weighted by Crippen LogP contribution is -2.17. The average Bonchev–Trinajstić information content (AvgIpc) is 2.49. The molecule has 0 amide bonds. The van der Waals surface area contributed by atoms with Gasteiger partial charge in [0, 0.05) is 0 Å². The van der Waals surface area contributed by atoms with Crippen molar-refractivity contribution in [2.45, 2.75) is 142 Å². The molecule has 0 aliphatic carbocycles. The second-order valence-corrected chi connectivity index (χ2v) is 8.22. The molecule has 0 atom stereocenters. The average molecular weight is 344 g/mol. The van der Waals surface area contributed by atoms with Crippen molar-refractivity contribution >= 4 is 0 Å². The van der Waals surface area contributed by atoms with Crippen LogP contribution >= 0.6 is 0 Å². The van der Waals surface area contributed by atoms with Crippen LogP contribution in [0, 0.1) is 0 Å². The van der Waals surface area contributed by atoms with Gasteiger partial charge in [-0.05, 0) is 20.3 Å². The summed E-state index contributed by atoms with van der Waals surface area (Å²) in [6.07, 6.45) is 24.9. The van der Waals surface area contributed by atoms with E-state index in [2.05, 4.69) is 6.92 Å². The molecule has 148 valence electrons. The van der Waals surface area contributed by atoms with Crippen LogP contribution in [-0.2, 0) is 0 Å². The Balaban J connectivity index is 0. The van der Waals surface area contributed by atoms with Crippen LogP contribution < -0.4 is 6.15 Å². The van der Waals surface area contributed by atoms with Crippen molar-refractivity contribution in [3.63, 3.8) is 0 Å². The molecule has 24 heavy (non-hydrogen) atoms. The maximum atomic E-state index is 9.64. The molecule has 2 nitrogen and oxygen atoms in total. The molecule has 4 N–H and O–H groups in total. The molecular weight excluding hydrogens is 294 g/mol. The van der Waals surface area contributed by atoms with Crippen molar-refractivity contribution in [2.24, 2.45) is 0 Å². The van der Waals surface area contributed by atoms with Crippen molar-refractivity contribution in [2.75, 3.05) is 0 Å². The zero-order valence-electron chi connectivity index (χ0n) is 17.4. The number of aliphatic hydroxyl groups is 1. The van der Waals surface area contributed by atoms with Gasteiger partial charge in [0.1, 0.15) is 0 Å². The summed E-state index contributed by atoms with van der Waals surface area (Å²) in [7, 11) is 0. The normalized spacial score (nSPS) is 11.5. The summed E-state index contributed by atoms with van der Waals surface area (Å²) < 4.78 is 0. The minimum Gasteiger partial charge on any atom is -0.390 e. The van der Waals surface area contributed by atoms with Gasteiger partial charge >= 0.3 is 0 Å². The van der Waals surface area contributed by atoms with E-state index in [0.29, 0.717) is 0 Å². The van der Waals surface area contributed by atoms with E-state index in [4.69, 9.17) is 0 Å². The molecule has 0 aromatic rings. The van der Waals surface area contributed by atoms with Crippen molar-refractivity contribution in [1.82, 2.24) is 6.15 Å². The van der Waals surface area contributed by atoms with Gasteiger partial charge in [-0.2, -0.15) is 0 Å². The zero-order valence-corrected chi connectivity index (χ0v) is 17.4. The summed E-state index contributed by atoms with van der Waals surface area (Å²) >= 11 is 0. The molecule has 0 fully saturated rings. The summed E-state index contributed by atoms with van der Waals surface area (Å²) in [4.78, 5) is 0. The van der Waals surface area contributed by atoms with E-state index in [9.17, 15) is 5.11 Å². The van der Waals surface area contributed by atoms with Crippen LogP contribution in [-0.4, -0.2) is 10.7 Å². The molecule has 0 rings (SSSR count). The first-order valence-electron chi connectivity index (χ1n) is 10.8. The van der Waals surface area contributed by atoms with Crippen LogP contribution in [0.2, 0.25) is 0 Å². The number of hydrogen-bond donors (Lipinski definition) is 2. The van der Waals surface area contributed by atoms with E-state index in [1.165, 1.54) is 109 Å². The Kier molecular flexibility index (Phi) is 21.0. The second kappa shape index (κ2) is 19.2. The highest BCUT2D eigenvalue weighted by atomic mass is 16.3. The molecule has 0 aromatic carbocycles. The monoisotopic (exact) mass is 343 g/mol. The first-order valence-corrected chi connectivity index (χ1v) is 10.8. The Morgan fingerprint density at radius 3 is 1.00 bits per heavy atom. The standard InChI is InChI=1S/C22H46O.H3N/c1-4-5-6-7-8-9-10-11-12-13-14-15-16-17-18-19-20-21-22(2,3)23;/h23H,4-21H2,1-3H3;1H3. The lowest BCUT2D eigenvalue weighted by atomic mass is 9.99. The van der Waals surface area contributed by atoms with Crippen molar-refractivity contribution in [1.29, 1.82) is 0 Å². The van der Waals surface area contributed by atoms with Crippen LogP contribution in [0.25, 0.3) is 0 Å². The second-order valence-electron chi connectivity index (χ2n) is 8.22. The summed E-state index contributed by atoms with van der Waals surface area (Å²) in [5, 5.41) is 9.64. The quantitative estimate of drug-likeness (QED) is 0.248. The summed E-state index contributed by atoms with van der Waals surface area (Å²) in [6, 6.07) is 0. The van der Waals surface area contributed by atoms with E-state index in [0.717, 1.165) is 6.42 Å². The van der Waals surface area contributed by atoms with E-state index < -0.39 is 5.60 Å². The van der Waals surface area contributed by atoms with Crippen LogP contribution in [0.3, 0.4) is 0 Å². The Morgan fingerprint density at radius 2 is 0.750 bits per heavy atom. The minimum atomic E-state index is -0.463. The molecule has 0 aromatic heterocycles. The van der Waals surface area contributed by atoms with Gasteiger partial charge in [-0.15, -0.1) is 0 Å². The SMILES string of the molecule is CCCCCCCCCCCCCCCCCCCC(C)(C)O.N. The topological polar surface area (TPSA) is 55.2 Å². The van der Waals surface area contributed by atoms with Gasteiger partial charge in [-0.3, -0.25) is 0 Å². The van der Waals surface area contributed by atoms with Crippen LogP contribution in [0.4, 0.5) is 0 Å². The first-order chi connectivity index (χ1) is 11.1. The number of hydrogen-bond acceptors (Lipinski definition) is 2. The predicted octanol–water partition coefficient (Wildman–Crippen LogP) is 7.96. The molecule has 0 heterocycles. The van der Waals surface area contributed by atoms with Gasteiger partial charge in [0.05, 0.1) is 5.60 Å². The Labute approximate surface area is 153 Å². The van der Waals surface area contributed by atoms with Gasteiger partial charge in [0.2, 0.25) is 0 Å². The van der Waals surface area contributed by atoms with E-state index >= 15 is 0 Å². The molecule has 0 aliphatic rings. The molecular formula is C22H49NO. The van der Waals surface area contributed by atoms with Gasteiger partial charge in [0.25, 0.3) is 0 Å². The Morgan fingerprint density at radius 1 is 0.500 bits per heavy atom. The number of unbranched alkanes of at least 4 members (excludes halogenated alkanes) is 16. The van der Waals surface area contributed by atoms with Gasteiger partial charge in [-0.1, -0.05) is 116 Å². The third-order valence-corrected chi connectivity index (χ3v) is 4.89. The zero-order chi connectivity index (χ0) is 17.2. The Hall–Kier alpha value is -0.0800. The highest BCUT2D eigenvalue weighted by molar-refractivity contribution is 4.64. The molecule has 0 aliphatic heterocycles. The summed E-state index contributed by atoms with van der Waals surface area (Å²) in [5.74, 6) is 0. The molecule has 0 saturated heterocycles. The molecule has 0 radical (unpaired) electrons. The van der Waals surface area contributed by atoms with Crippen LogP contribution in [0.1, 0.15) is 136 Å². The maximum absolute atomic E-state index is 9.64. The van der Waals surface area contributed by atoms with E-state index in [-0.39, 0.29) is 6.15 Å². The minimum absolute atomic E-state index is 0. The fraction of sp³-hybridized carbons (Fsp3) is 1.00. The fourth-order valence-electron chi connectivity index (χ4n) is 3.28. The van der Waals surface area contributed by atoms with Gasteiger partial charge < -0.3 is 11.3 Å². The predicted molar refractivity (Wildman–Crippen MR) is 110 cm³/mol. The van der Waals surface area contributed by atoms with Gasteiger partial charge in [0.15, 0.2) is 0 Å². The molecule has 2 heteroatoms. The molecule has 0 spiro atoms. The third kappa shape index (κ3) is 24.2. The lowest BCUT2D eigenvalue weighted by Gasteiger charge is -2.16. The summed E-state index contributed by atoms with van der Waals surface area (Å²) in [6.45, 7) is 6.12. The lowest BCUT2D eigenvalue weighted by molar-refractivity contribution is 0.0680. The third-order valence-electron chi connectivity index (χ3n) is 4.89. The highest BCUT2D eigenvalue weighted by Crippen LogP contribution is 2.16. The Bertz CT molecular complexity index is 223. The van der Waals surface area contributed by atoms with Crippen LogP contribution in [0.15, 0.2) is 0 Å². The van der Waals surface area contributed by atoms with Crippen molar-refractivity contribution in [3.05, 3.63) is 0 Å². The van der Waals surface area contributed by atoms with Crippen molar-refractivity contribution < 1.29 is 5.11 Å². The van der Waals surface area contributed by atoms with E-state index in [1.54, 1.807) is 0 Å². The van der Waals surface area contributed by atoms with Crippen molar-refractivity contribution in [3.8, 4) is 0 Å². The van der Waals surface area contributed by atoms with E-state index in [1.807, 2.05) is 13.8 Å². The first kappa shape index (κ1) is 26.2. The van der Waals surface area contributed by atoms with Crippen LogP contribution in [0.5, 0.6) is 0 Å². The van der Waals surface area contributed by atoms with Gasteiger partial charge in [-0.25, -0.2) is 0 Å².